The minimum atomic E-state index is -0.492. The van der Waals surface area contributed by atoms with Gasteiger partial charge in [-0.25, -0.2) is 4.39 Å². The van der Waals surface area contributed by atoms with E-state index < -0.39 is 5.82 Å². The van der Waals surface area contributed by atoms with Crippen LogP contribution in [0.4, 0.5) is 4.39 Å². The van der Waals surface area contributed by atoms with Gasteiger partial charge in [-0.05, 0) is 54.6 Å². The summed E-state index contributed by atoms with van der Waals surface area (Å²) in [5.41, 5.74) is 0.798. The van der Waals surface area contributed by atoms with Gasteiger partial charge in [0.15, 0.2) is 0 Å². The van der Waals surface area contributed by atoms with Gasteiger partial charge in [-0.15, -0.1) is 0 Å². The van der Waals surface area contributed by atoms with Gasteiger partial charge in [0.25, 0.3) is 11.8 Å². The molecule has 1 aromatic heterocycles. The molecule has 0 N–H and O–H groups in total. The molecule has 0 aliphatic carbocycles. The third-order valence-electron chi connectivity index (χ3n) is 4.99. The summed E-state index contributed by atoms with van der Waals surface area (Å²) >= 11 is 6.00. The van der Waals surface area contributed by atoms with E-state index in [-0.39, 0.29) is 22.4 Å². The maximum atomic E-state index is 13.2. The second kappa shape index (κ2) is 9.14. The Morgan fingerprint density at radius 3 is 2.19 bits per heavy atom. The van der Waals surface area contributed by atoms with E-state index in [4.69, 9.17) is 16.3 Å². The van der Waals surface area contributed by atoms with Crippen molar-refractivity contribution in [1.29, 1.82) is 0 Å². The summed E-state index contributed by atoms with van der Waals surface area (Å²) in [6.45, 7) is 1.55. The Morgan fingerprint density at radius 2 is 1.58 bits per heavy atom. The number of rotatable bonds is 4. The van der Waals surface area contributed by atoms with Crippen LogP contribution in [0.2, 0.25) is 5.02 Å². The van der Waals surface area contributed by atoms with E-state index >= 15 is 0 Å². The number of halogens is 2. The van der Waals surface area contributed by atoms with Gasteiger partial charge in [0.1, 0.15) is 17.3 Å². The Balaban J connectivity index is 1.35. The molecule has 2 aromatic carbocycles. The summed E-state index contributed by atoms with van der Waals surface area (Å²) in [5, 5.41) is 0.0806. The number of nitrogens with zero attached hydrogens (tertiary/aromatic N) is 3. The topological polar surface area (TPSA) is 62.7 Å². The highest BCUT2D eigenvalue weighted by Gasteiger charge is 2.26. The number of aromatic nitrogens is 1. The molecule has 0 atom stereocenters. The van der Waals surface area contributed by atoms with Crippen molar-refractivity contribution in [1.82, 2.24) is 14.8 Å². The van der Waals surface area contributed by atoms with Crippen LogP contribution in [-0.4, -0.2) is 52.8 Å². The molecule has 0 radical (unpaired) electrons. The van der Waals surface area contributed by atoms with E-state index in [1.807, 2.05) is 0 Å². The summed E-state index contributed by atoms with van der Waals surface area (Å²) in [6.07, 6.45) is 3.27. The zero-order chi connectivity index (χ0) is 21.8. The average Bonchev–Trinajstić information content (AvgIpc) is 2.79. The van der Waals surface area contributed by atoms with Crippen molar-refractivity contribution in [2.45, 2.75) is 0 Å². The van der Waals surface area contributed by atoms with E-state index in [1.165, 1.54) is 12.1 Å². The quantitative estimate of drug-likeness (QED) is 0.609. The number of hydrogen-bond acceptors (Lipinski definition) is 4. The first-order chi connectivity index (χ1) is 15.0. The standard InChI is InChI=1S/C23H19ClFN3O3/c24-21-14-17(25)5-8-20(21)23(30)28-12-10-27(11-13-28)22(29)16-3-6-18(7-4-16)31-19-2-1-9-26-15-19/h1-9,14-15H,10-13H2. The molecular weight excluding hydrogens is 421 g/mol. The van der Waals surface area contributed by atoms with Crippen molar-refractivity contribution in [2.75, 3.05) is 26.2 Å². The fourth-order valence-electron chi connectivity index (χ4n) is 3.34. The lowest BCUT2D eigenvalue weighted by Crippen LogP contribution is -2.50. The first-order valence-electron chi connectivity index (χ1n) is 9.73. The molecule has 1 saturated heterocycles. The molecule has 2 amide bonds. The van der Waals surface area contributed by atoms with Crippen molar-refractivity contribution >= 4 is 23.4 Å². The molecule has 8 heteroatoms. The maximum Gasteiger partial charge on any atom is 0.255 e. The highest BCUT2D eigenvalue weighted by atomic mass is 35.5. The lowest BCUT2D eigenvalue weighted by atomic mass is 10.1. The van der Waals surface area contributed by atoms with E-state index in [2.05, 4.69) is 4.98 Å². The number of amides is 2. The number of carbonyl (C=O) groups is 2. The van der Waals surface area contributed by atoms with Crippen LogP contribution in [0.5, 0.6) is 11.5 Å². The van der Waals surface area contributed by atoms with Gasteiger partial charge in [-0.2, -0.15) is 0 Å². The number of ether oxygens (including phenoxy) is 1. The molecule has 0 spiro atoms. The highest BCUT2D eigenvalue weighted by Crippen LogP contribution is 2.22. The third kappa shape index (κ3) is 4.83. The summed E-state index contributed by atoms with van der Waals surface area (Å²) in [7, 11) is 0. The van der Waals surface area contributed by atoms with E-state index in [0.717, 1.165) is 6.07 Å². The zero-order valence-electron chi connectivity index (χ0n) is 16.5. The highest BCUT2D eigenvalue weighted by molar-refractivity contribution is 6.33. The molecule has 2 heterocycles. The fraction of sp³-hybridized carbons (Fsp3) is 0.174. The Morgan fingerprint density at radius 1 is 0.903 bits per heavy atom. The number of carbonyl (C=O) groups excluding carboxylic acids is 2. The van der Waals surface area contributed by atoms with Crippen LogP contribution in [0.25, 0.3) is 0 Å². The minimum Gasteiger partial charge on any atom is -0.456 e. The second-order valence-corrected chi connectivity index (χ2v) is 7.43. The van der Waals surface area contributed by atoms with E-state index in [9.17, 15) is 14.0 Å². The maximum absolute atomic E-state index is 13.2. The largest absolute Gasteiger partial charge is 0.456 e. The number of pyridine rings is 1. The first kappa shape index (κ1) is 20.8. The summed E-state index contributed by atoms with van der Waals surface area (Å²) in [5.74, 6) is 0.349. The molecule has 1 aliphatic rings. The molecule has 0 bridgehead atoms. The lowest BCUT2D eigenvalue weighted by molar-refractivity contribution is 0.0535. The Hall–Kier alpha value is -3.45. The molecule has 1 aliphatic heterocycles. The zero-order valence-corrected chi connectivity index (χ0v) is 17.3. The molecule has 1 fully saturated rings. The predicted molar refractivity (Wildman–Crippen MR) is 114 cm³/mol. The van der Waals surface area contributed by atoms with Crippen LogP contribution in [0.3, 0.4) is 0 Å². The van der Waals surface area contributed by atoms with Crippen molar-refractivity contribution in [3.63, 3.8) is 0 Å². The first-order valence-corrected chi connectivity index (χ1v) is 10.1. The van der Waals surface area contributed by atoms with Crippen molar-refractivity contribution < 1.29 is 18.7 Å². The smallest absolute Gasteiger partial charge is 0.255 e. The van der Waals surface area contributed by atoms with Gasteiger partial charge in [-0.1, -0.05) is 11.6 Å². The van der Waals surface area contributed by atoms with Crippen LogP contribution in [0.15, 0.2) is 67.0 Å². The normalized spacial score (nSPS) is 13.7. The van der Waals surface area contributed by atoms with Crippen molar-refractivity contribution in [3.8, 4) is 11.5 Å². The lowest BCUT2D eigenvalue weighted by Gasteiger charge is -2.35. The number of benzene rings is 2. The van der Waals surface area contributed by atoms with Crippen LogP contribution < -0.4 is 4.74 Å². The Bertz CT molecular complexity index is 1080. The SMILES string of the molecule is O=C(c1ccc(Oc2cccnc2)cc1)N1CCN(C(=O)c2ccc(F)cc2Cl)CC1. The molecular formula is C23H19ClFN3O3. The number of hydrogen-bond donors (Lipinski definition) is 0. The molecule has 31 heavy (non-hydrogen) atoms. The van der Waals surface area contributed by atoms with Crippen molar-refractivity contribution in [3.05, 3.63) is 89.0 Å². The van der Waals surface area contributed by atoms with E-state index in [0.29, 0.717) is 43.2 Å². The molecule has 158 valence electrons. The van der Waals surface area contributed by atoms with Crippen LogP contribution in [0, 0.1) is 5.82 Å². The van der Waals surface area contributed by atoms with Crippen LogP contribution in [-0.2, 0) is 0 Å². The van der Waals surface area contributed by atoms with Gasteiger partial charge in [0, 0.05) is 37.9 Å². The second-order valence-electron chi connectivity index (χ2n) is 7.02. The molecule has 4 rings (SSSR count). The third-order valence-corrected chi connectivity index (χ3v) is 5.30. The number of piperazine rings is 1. The van der Waals surface area contributed by atoms with Crippen LogP contribution >= 0.6 is 11.6 Å². The average molecular weight is 440 g/mol. The molecule has 0 unspecified atom stereocenters. The van der Waals surface area contributed by atoms with Gasteiger partial charge in [0.05, 0.1) is 16.8 Å². The van der Waals surface area contributed by atoms with Crippen LogP contribution in [0.1, 0.15) is 20.7 Å². The predicted octanol–water partition coefficient (Wildman–Crippen LogP) is 4.26. The van der Waals surface area contributed by atoms with Gasteiger partial charge < -0.3 is 14.5 Å². The summed E-state index contributed by atoms with van der Waals surface area (Å²) in [4.78, 5) is 32.8. The monoisotopic (exact) mass is 439 g/mol. The molecule has 6 nitrogen and oxygen atoms in total. The van der Waals surface area contributed by atoms with Gasteiger partial charge in [0.2, 0.25) is 0 Å². The molecule has 3 aromatic rings. The summed E-state index contributed by atoms with van der Waals surface area (Å²) < 4.78 is 18.9. The molecule has 0 saturated carbocycles. The van der Waals surface area contributed by atoms with Gasteiger partial charge in [-0.3, -0.25) is 14.6 Å². The van der Waals surface area contributed by atoms with Crippen molar-refractivity contribution in [2.24, 2.45) is 0 Å². The van der Waals surface area contributed by atoms with Gasteiger partial charge >= 0.3 is 0 Å². The minimum absolute atomic E-state index is 0.0806. The fourth-order valence-corrected chi connectivity index (χ4v) is 3.59. The Kier molecular flexibility index (Phi) is 6.13. The van der Waals surface area contributed by atoms with E-state index in [1.54, 1.807) is 58.6 Å². The Labute approximate surface area is 183 Å². The summed E-state index contributed by atoms with van der Waals surface area (Å²) in [6, 6.07) is 14.2.